The molecule has 0 aliphatic heterocycles. The van der Waals surface area contributed by atoms with E-state index in [-0.39, 0.29) is 12.2 Å². The first-order chi connectivity index (χ1) is 12.9. The molecule has 10 heteroatoms. The predicted octanol–water partition coefficient (Wildman–Crippen LogP) is 3.85. The molecule has 0 bridgehead atoms. The van der Waals surface area contributed by atoms with Crippen LogP contribution in [0.4, 0.5) is 5.69 Å². The van der Waals surface area contributed by atoms with Gasteiger partial charge in [0.2, 0.25) is 0 Å². The van der Waals surface area contributed by atoms with Crippen molar-refractivity contribution in [1.82, 2.24) is 9.55 Å². The van der Waals surface area contributed by atoms with Gasteiger partial charge in [-0.3, -0.25) is 14.9 Å². The molecule has 27 heavy (non-hydrogen) atoms. The molecule has 3 rings (SSSR count). The number of nitro benzene ring substituents is 1. The number of non-ortho nitro benzene ring substituents is 1. The Balaban J connectivity index is 1.74. The minimum atomic E-state index is -1.02. The maximum atomic E-state index is 11.2. The van der Waals surface area contributed by atoms with Crippen LogP contribution in [-0.4, -0.2) is 37.9 Å². The van der Waals surface area contributed by atoms with Crippen molar-refractivity contribution in [2.75, 3.05) is 12.4 Å². The molecule has 1 heterocycles. The summed E-state index contributed by atoms with van der Waals surface area (Å²) >= 11 is 7.14. The van der Waals surface area contributed by atoms with Crippen LogP contribution in [0.15, 0.2) is 47.6 Å². The quantitative estimate of drug-likeness (QED) is 0.261. The number of nitro groups is 1. The zero-order valence-corrected chi connectivity index (χ0v) is 15.4. The maximum Gasteiger partial charge on any atom is 0.323 e. The number of hydrogen-bond donors (Lipinski definition) is 1. The second-order valence-electron chi connectivity index (χ2n) is 5.46. The zero-order chi connectivity index (χ0) is 19.4. The summed E-state index contributed by atoms with van der Waals surface area (Å²) in [6.45, 7) is 0.0947. The molecule has 1 N–H and O–H groups in total. The second kappa shape index (κ2) is 8.28. The van der Waals surface area contributed by atoms with Crippen LogP contribution in [0.1, 0.15) is 0 Å². The lowest BCUT2D eigenvalue weighted by Gasteiger charge is -2.07. The van der Waals surface area contributed by atoms with Crippen molar-refractivity contribution in [3.63, 3.8) is 0 Å². The standard InChI is InChI=1S/C17H14ClN3O5S/c18-11-1-4-13(5-2-11)26-7-8-27-17-19-14-9-12(21(24)25)3-6-15(14)20(17)10-16(22)23/h1-6,9H,7-8,10H2,(H,22,23). The monoisotopic (exact) mass is 407 g/mol. The van der Waals surface area contributed by atoms with Gasteiger partial charge in [0.1, 0.15) is 12.3 Å². The van der Waals surface area contributed by atoms with Gasteiger partial charge in [-0.05, 0) is 30.3 Å². The zero-order valence-electron chi connectivity index (χ0n) is 13.9. The van der Waals surface area contributed by atoms with Crippen LogP contribution in [0.3, 0.4) is 0 Å². The number of benzene rings is 2. The second-order valence-corrected chi connectivity index (χ2v) is 6.95. The van der Waals surface area contributed by atoms with Crippen LogP contribution < -0.4 is 4.74 Å². The third-order valence-corrected chi connectivity index (χ3v) is 4.79. The van der Waals surface area contributed by atoms with Crippen molar-refractivity contribution < 1.29 is 19.6 Å². The topological polar surface area (TPSA) is 107 Å². The normalized spacial score (nSPS) is 10.9. The first-order valence-electron chi connectivity index (χ1n) is 7.81. The molecule has 0 saturated carbocycles. The molecule has 0 saturated heterocycles. The smallest absolute Gasteiger partial charge is 0.323 e. The number of thioether (sulfide) groups is 1. The highest BCUT2D eigenvalue weighted by Gasteiger charge is 2.16. The number of aromatic nitrogens is 2. The third-order valence-electron chi connectivity index (χ3n) is 3.60. The fourth-order valence-corrected chi connectivity index (χ4v) is 3.39. The number of ether oxygens (including phenoxy) is 1. The first-order valence-corrected chi connectivity index (χ1v) is 9.18. The van der Waals surface area contributed by atoms with Gasteiger partial charge < -0.3 is 14.4 Å². The highest BCUT2D eigenvalue weighted by Crippen LogP contribution is 2.27. The summed E-state index contributed by atoms with van der Waals surface area (Å²) < 4.78 is 7.13. The largest absolute Gasteiger partial charge is 0.493 e. The molecular formula is C17H14ClN3O5S. The average molecular weight is 408 g/mol. The van der Waals surface area contributed by atoms with Gasteiger partial charge in [-0.25, -0.2) is 4.98 Å². The number of imidazole rings is 1. The van der Waals surface area contributed by atoms with E-state index in [1.54, 1.807) is 24.3 Å². The van der Waals surface area contributed by atoms with Gasteiger partial charge in [-0.1, -0.05) is 23.4 Å². The third kappa shape index (κ3) is 4.69. The van der Waals surface area contributed by atoms with Gasteiger partial charge in [0.05, 0.1) is 22.6 Å². The highest BCUT2D eigenvalue weighted by atomic mass is 35.5. The molecule has 0 fully saturated rings. The Kier molecular flexibility index (Phi) is 5.82. The molecule has 0 amide bonds. The van der Waals surface area contributed by atoms with E-state index < -0.39 is 10.9 Å². The number of carboxylic acids is 1. The van der Waals surface area contributed by atoms with E-state index in [0.29, 0.717) is 39.3 Å². The molecule has 3 aromatic rings. The molecule has 0 atom stereocenters. The Morgan fingerprint density at radius 3 is 2.70 bits per heavy atom. The molecule has 0 radical (unpaired) electrons. The number of hydrogen-bond acceptors (Lipinski definition) is 6. The van der Waals surface area contributed by atoms with E-state index in [2.05, 4.69) is 4.98 Å². The summed E-state index contributed by atoms with van der Waals surface area (Å²) in [5, 5.41) is 21.2. The van der Waals surface area contributed by atoms with Gasteiger partial charge >= 0.3 is 5.97 Å². The Hall–Kier alpha value is -2.78. The van der Waals surface area contributed by atoms with Crippen LogP contribution in [0.25, 0.3) is 11.0 Å². The van der Waals surface area contributed by atoms with Crippen LogP contribution in [-0.2, 0) is 11.3 Å². The van der Waals surface area contributed by atoms with Crippen molar-refractivity contribution in [3.8, 4) is 5.75 Å². The lowest BCUT2D eigenvalue weighted by molar-refractivity contribution is -0.384. The summed E-state index contributed by atoms with van der Waals surface area (Å²) in [4.78, 5) is 25.9. The summed E-state index contributed by atoms with van der Waals surface area (Å²) in [5.41, 5.74) is 0.820. The molecule has 1 aromatic heterocycles. The number of halogens is 1. The first kappa shape index (κ1) is 19.0. The molecule has 0 aliphatic carbocycles. The minimum Gasteiger partial charge on any atom is -0.493 e. The fraction of sp³-hybridized carbons (Fsp3) is 0.176. The van der Waals surface area contributed by atoms with Gasteiger partial charge in [0.15, 0.2) is 5.16 Å². The predicted molar refractivity (Wildman–Crippen MR) is 102 cm³/mol. The number of fused-ring (bicyclic) bond motifs is 1. The Morgan fingerprint density at radius 2 is 2.04 bits per heavy atom. The van der Waals surface area contributed by atoms with Crippen molar-refractivity contribution in [3.05, 3.63) is 57.6 Å². The summed E-state index contributed by atoms with van der Waals surface area (Å²) in [6, 6.07) is 11.1. The highest BCUT2D eigenvalue weighted by molar-refractivity contribution is 7.99. The van der Waals surface area contributed by atoms with Crippen molar-refractivity contribution in [2.45, 2.75) is 11.7 Å². The summed E-state index contributed by atoms with van der Waals surface area (Å²) in [7, 11) is 0. The van der Waals surface area contributed by atoms with Crippen molar-refractivity contribution >= 4 is 46.1 Å². The molecule has 140 valence electrons. The molecule has 0 unspecified atom stereocenters. The number of carboxylic acid groups (broad SMARTS) is 1. The summed E-state index contributed by atoms with van der Waals surface area (Å²) in [6.07, 6.45) is 0. The SMILES string of the molecule is O=C(O)Cn1c(SCCOc2ccc(Cl)cc2)nc2cc([N+](=O)[O-])ccc21. The van der Waals surface area contributed by atoms with Crippen LogP contribution in [0.2, 0.25) is 5.02 Å². The van der Waals surface area contributed by atoms with E-state index in [9.17, 15) is 14.9 Å². The molecule has 2 aromatic carbocycles. The number of carbonyl (C=O) groups is 1. The maximum absolute atomic E-state index is 11.2. The molecular weight excluding hydrogens is 394 g/mol. The lowest BCUT2D eigenvalue weighted by atomic mass is 10.3. The van der Waals surface area contributed by atoms with E-state index in [4.69, 9.17) is 21.4 Å². The number of aliphatic carboxylic acids is 1. The Morgan fingerprint density at radius 1 is 1.30 bits per heavy atom. The van der Waals surface area contributed by atoms with Crippen molar-refractivity contribution in [2.24, 2.45) is 0 Å². The number of nitrogens with zero attached hydrogens (tertiary/aromatic N) is 3. The summed E-state index contributed by atoms with van der Waals surface area (Å²) in [5.74, 6) is 0.176. The van der Waals surface area contributed by atoms with Crippen LogP contribution in [0.5, 0.6) is 5.75 Å². The Bertz CT molecular complexity index is 990. The Labute approximate surface area is 162 Å². The molecule has 0 aliphatic rings. The van der Waals surface area contributed by atoms with E-state index in [1.165, 1.54) is 34.5 Å². The van der Waals surface area contributed by atoms with Gasteiger partial charge in [-0.15, -0.1) is 0 Å². The van der Waals surface area contributed by atoms with E-state index in [0.717, 1.165) is 0 Å². The van der Waals surface area contributed by atoms with Gasteiger partial charge in [-0.2, -0.15) is 0 Å². The fourth-order valence-electron chi connectivity index (χ4n) is 2.43. The van der Waals surface area contributed by atoms with Crippen molar-refractivity contribution in [1.29, 1.82) is 0 Å². The molecule has 0 spiro atoms. The average Bonchev–Trinajstić information content (AvgIpc) is 2.96. The lowest BCUT2D eigenvalue weighted by Crippen LogP contribution is -2.10. The van der Waals surface area contributed by atoms with E-state index >= 15 is 0 Å². The van der Waals surface area contributed by atoms with Crippen LogP contribution >= 0.6 is 23.4 Å². The molecule has 8 nitrogen and oxygen atoms in total. The van der Waals surface area contributed by atoms with Gasteiger partial charge in [0, 0.05) is 22.9 Å². The number of rotatable bonds is 8. The van der Waals surface area contributed by atoms with Gasteiger partial charge in [0.25, 0.3) is 5.69 Å². The van der Waals surface area contributed by atoms with E-state index in [1.807, 2.05) is 0 Å². The van der Waals surface area contributed by atoms with Crippen LogP contribution in [0, 0.1) is 10.1 Å². The minimum absolute atomic E-state index is 0.0925.